The number of aliphatic hydroxyl groups excluding tert-OH is 1. The molecule has 0 amide bonds. The predicted octanol–water partition coefficient (Wildman–Crippen LogP) is 2.24. The van der Waals surface area contributed by atoms with E-state index in [1.54, 1.807) is 30.3 Å². The molecule has 0 spiro atoms. The van der Waals surface area contributed by atoms with Crippen LogP contribution >= 0.6 is 11.6 Å². The van der Waals surface area contributed by atoms with E-state index in [1.165, 1.54) is 0 Å². The van der Waals surface area contributed by atoms with Crippen molar-refractivity contribution in [3.05, 3.63) is 47.0 Å². The largest absolute Gasteiger partial charge is 0.389 e. The second-order valence-electron chi connectivity index (χ2n) is 3.83. The first-order chi connectivity index (χ1) is 7.13. The van der Waals surface area contributed by atoms with Crippen LogP contribution in [0.2, 0.25) is 5.02 Å². The fourth-order valence-electron chi connectivity index (χ4n) is 1.85. The summed E-state index contributed by atoms with van der Waals surface area (Å²) in [6, 6.07) is 6.90. The van der Waals surface area contributed by atoms with Crippen LogP contribution in [0.3, 0.4) is 0 Å². The smallest absolute Gasteiger partial charge is 0.133 e. The Morgan fingerprint density at radius 2 is 1.93 bits per heavy atom. The lowest BCUT2D eigenvalue weighted by Crippen LogP contribution is -2.39. The molecule has 0 fully saturated rings. The van der Waals surface area contributed by atoms with Gasteiger partial charge >= 0.3 is 0 Å². The van der Waals surface area contributed by atoms with Crippen molar-refractivity contribution in [1.82, 2.24) is 0 Å². The van der Waals surface area contributed by atoms with Crippen LogP contribution in [0, 0.1) is 0 Å². The van der Waals surface area contributed by atoms with Gasteiger partial charge in [0.25, 0.3) is 0 Å². The van der Waals surface area contributed by atoms with E-state index in [-0.39, 0.29) is 0 Å². The summed E-state index contributed by atoms with van der Waals surface area (Å²) >= 11 is 5.77. The molecule has 0 radical (unpaired) electrons. The van der Waals surface area contributed by atoms with Gasteiger partial charge in [0.2, 0.25) is 0 Å². The zero-order valence-corrected chi connectivity index (χ0v) is 8.98. The zero-order chi connectivity index (χ0) is 10.9. The molecule has 80 valence electrons. The molecule has 0 bridgehead atoms. The first kappa shape index (κ1) is 10.7. The van der Waals surface area contributed by atoms with E-state index in [9.17, 15) is 10.2 Å². The highest BCUT2D eigenvalue weighted by molar-refractivity contribution is 6.30. The summed E-state index contributed by atoms with van der Waals surface area (Å²) in [6.45, 7) is 0. The molecule has 1 aliphatic carbocycles. The lowest BCUT2D eigenvalue weighted by molar-refractivity contribution is -0.0518. The highest BCUT2D eigenvalue weighted by atomic mass is 35.5. The first-order valence-electron chi connectivity index (χ1n) is 4.97. The van der Waals surface area contributed by atoms with Gasteiger partial charge in [-0.3, -0.25) is 0 Å². The third-order valence-corrected chi connectivity index (χ3v) is 3.05. The Morgan fingerprint density at radius 3 is 2.53 bits per heavy atom. The SMILES string of the molecule is OC1CCC=CC1(O)c1ccc(Cl)cc1. The highest BCUT2D eigenvalue weighted by Gasteiger charge is 2.36. The van der Waals surface area contributed by atoms with Crippen molar-refractivity contribution in [2.24, 2.45) is 0 Å². The van der Waals surface area contributed by atoms with Gasteiger partial charge in [0.05, 0.1) is 6.10 Å². The Kier molecular flexibility index (Phi) is 2.83. The molecule has 15 heavy (non-hydrogen) atoms. The molecule has 1 aliphatic rings. The molecule has 0 saturated heterocycles. The molecule has 1 aromatic rings. The Labute approximate surface area is 93.8 Å². The minimum Gasteiger partial charge on any atom is -0.389 e. The van der Waals surface area contributed by atoms with Gasteiger partial charge in [-0.25, -0.2) is 0 Å². The van der Waals surface area contributed by atoms with Gasteiger partial charge in [-0.15, -0.1) is 0 Å². The van der Waals surface area contributed by atoms with E-state index in [1.807, 2.05) is 6.08 Å². The standard InChI is InChI=1S/C12H13ClO2/c13-10-6-4-9(5-7-10)12(15)8-2-1-3-11(12)14/h2,4-8,11,14-15H,1,3H2. The van der Waals surface area contributed by atoms with Crippen LogP contribution in [0.1, 0.15) is 18.4 Å². The minimum atomic E-state index is -1.26. The monoisotopic (exact) mass is 224 g/mol. The van der Waals surface area contributed by atoms with Crippen molar-refractivity contribution >= 4 is 11.6 Å². The van der Waals surface area contributed by atoms with Gasteiger partial charge in [0.1, 0.15) is 5.60 Å². The Bertz CT molecular complexity index is 372. The van der Waals surface area contributed by atoms with E-state index >= 15 is 0 Å². The van der Waals surface area contributed by atoms with Crippen molar-refractivity contribution in [2.45, 2.75) is 24.5 Å². The second-order valence-corrected chi connectivity index (χ2v) is 4.26. The zero-order valence-electron chi connectivity index (χ0n) is 8.23. The molecule has 2 N–H and O–H groups in total. The first-order valence-corrected chi connectivity index (χ1v) is 5.35. The maximum atomic E-state index is 10.3. The van der Waals surface area contributed by atoms with Gasteiger partial charge in [0, 0.05) is 5.02 Å². The molecular weight excluding hydrogens is 212 g/mol. The maximum Gasteiger partial charge on any atom is 0.133 e. The van der Waals surface area contributed by atoms with Gasteiger partial charge in [0.15, 0.2) is 0 Å². The molecule has 2 atom stereocenters. The van der Waals surface area contributed by atoms with Crippen molar-refractivity contribution in [3.63, 3.8) is 0 Å². The van der Waals surface area contributed by atoms with Crippen molar-refractivity contribution in [2.75, 3.05) is 0 Å². The third-order valence-electron chi connectivity index (χ3n) is 2.79. The second kappa shape index (κ2) is 3.97. The van der Waals surface area contributed by atoms with Gasteiger partial charge in [-0.1, -0.05) is 35.9 Å². The number of aliphatic hydroxyl groups is 2. The van der Waals surface area contributed by atoms with E-state index in [0.29, 0.717) is 17.0 Å². The number of hydrogen-bond donors (Lipinski definition) is 2. The summed E-state index contributed by atoms with van der Waals surface area (Å²) in [5.74, 6) is 0. The van der Waals surface area contributed by atoms with Gasteiger partial charge in [-0.2, -0.15) is 0 Å². The fraction of sp³-hybridized carbons (Fsp3) is 0.333. The normalized spacial score (nSPS) is 30.5. The van der Waals surface area contributed by atoms with E-state index < -0.39 is 11.7 Å². The number of halogens is 1. The summed E-state index contributed by atoms with van der Waals surface area (Å²) in [6.07, 6.45) is 4.18. The molecule has 0 aromatic heterocycles. The molecule has 2 nitrogen and oxygen atoms in total. The minimum absolute atomic E-state index is 0.579. The lowest BCUT2D eigenvalue weighted by Gasteiger charge is -2.33. The Morgan fingerprint density at radius 1 is 1.27 bits per heavy atom. The third kappa shape index (κ3) is 1.93. The van der Waals surface area contributed by atoms with E-state index in [4.69, 9.17) is 11.6 Å². The Balaban J connectivity index is 2.39. The van der Waals surface area contributed by atoms with Crippen LogP contribution in [-0.4, -0.2) is 16.3 Å². The number of rotatable bonds is 1. The van der Waals surface area contributed by atoms with Crippen LogP contribution in [-0.2, 0) is 5.60 Å². The summed E-state index contributed by atoms with van der Waals surface area (Å²) < 4.78 is 0. The Hall–Kier alpha value is -0.830. The molecular formula is C12H13ClO2. The predicted molar refractivity (Wildman–Crippen MR) is 59.7 cm³/mol. The highest BCUT2D eigenvalue weighted by Crippen LogP contribution is 2.33. The van der Waals surface area contributed by atoms with Crippen LogP contribution < -0.4 is 0 Å². The topological polar surface area (TPSA) is 40.5 Å². The molecule has 0 aliphatic heterocycles. The van der Waals surface area contributed by atoms with Gasteiger partial charge in [-0.05, 0) is 30.5 Å². The summed E-state index contributed by atoms with van der Waals surface area (Å²) in [5.41, 5.74) is -0.585. The number of allylic oxidation sites excluding steroid dienone is 1. The molecule has 2 rings (SSSR count). The lowest BCUT2D eigenvalue weighted by atomic mass is 9.82. The molecule has 0 heterocycles. The van der Waals surface area contributed by atoms with E-state index in [0.717, 1.165) is 6.42 Å². The van der Waals surface area contributed by atoms with Crippen LogP contribution in [0.4, 0.5) is 0 Å². The van der Waals surface area contributed by atoms with Crippen molar-refractivity contribution in [1.29, 1.82) is 0 Å². The summed E-state index contributed by atoms with van der Waals surface area (Å²) in [4.78, 5) is 0. The molecule has 0 saturated carbocycles. The van der Waals surface area contributed by atoms with Crippen LogP contribution in [0.15, 0.2) is 36.4 Å². The van der Waals surface area contributed by atoms with Crippen LogP contribution in [0.5, 0.6) is 0 Å². The van der Waals surface area contributed by atoms with E-state index in [2.05, 4.69) is 0 Å². The summed E-state index contributed by atoms with van der Waals surface area (Å²) in [7, 11) is 0. The number of hydrogen-bond acceptors (Lipinski definition) is 2. The fourth-order valence-corrected chi connectivity index (χ4v) is 1.98. The molecule has 3 heteroatoms. The maximum absolute atomic E-state index is 10.3. The quantitative estimate of drug-likeness (QED) is 0.719. The molecule has 2 unspecified atom stereocenters. The average molecular weight is 225 g/mol. The van der Waals surface area contributed by atoms with Crippen LogP contribution in [0.25, 0.3) is 0 Å². The van der Waals surface area contributed by atoms with Crippen molar-refractivity contribution < 1.29 is 10.2 Å². The average Bonchev–Trinajstić information content (AvgIpc) is 2.23. The summed E-state index contributed by atoms with van der Waals surface area (Å²) in [5, 5.41) is 20.8. The molecule has 1 aromatic carbocycles. The van der Waals surface area contributed by atoms with Gasteiger partial charge < -0.3 is 10.2 Å². The van der Waals surface area contributed by atoms with Crippen molar-refractivity contribution in [3.8, 4) is 0 Å². The number of benzene rings is 1.